The van der Waals surface area contributed by atoms with E-state index >= 15 is 0 Å². The minimum atomic E-state index is -3.75. The van der Waals surface area contributed by atoms with Gasteiger partial charge in [0.25, 0.3) is 0 Å². The minimum Gasteiger partial charge on any atom is -0.493 e. The number of amides is 1. The van der Waals surface area contributed by atoms with Crippen molar-refractivity contribution in [3.8, 4) is 22.8 Å². The number of nitrogens with one attached hydrogen (secondary N) is 1. The molecule has 0 saturated heterocycles. The Morgan fingerprint density at radius 1 is 1.09 bits per heavy atom. The summed E-state index contributed by atoms with van der Waals surface area (Å²) in [4.78, 5) is 12.9. The number of rotatable bonds is 8. The monoisotopic (exact) mass is 457 g/mol. The molecule has 1 aliphatic carbocycles. The molecule has 1 heterocycles. The molecule has 0 spiro atoms. The molecule has 2 aromatic carbocycles. The van der Waals surface area contributed by atoms with Crippen LogP contribution in [0.4, 0.5) is 0 Å². The van der Waals surface area contributed by atoms with Gasteiger partial charge in [0.2, 0.25) is 15.9 Å². The average Bonchev–Trinajstić information content (AvgIpc) is 3.46. The highest BCUT2D eigenvalue weighted by atomic mass is 32.2. The highest BCUT2D eigenvalue weighted by Crippen LogP contribution is 2.48. The van der Waals surface area contributed by atoms with Crippen molar-refractivity contribution in [1.29, 1.82) is 0 Å². The first-order valence-corrected chi connectivity index (χ1v) is 11.4. The maximum Gasteiger partial charge on any atom is 0.238 e. The summed E-state index contributed by atoms with van der Waals surface area (Å²) in [5.74, 6) is 1.54. The number of aromatic nitrogens is 1. The number of carbonyl (C=O) groups is 1. The topological polar surface area (TPSA) is 134 Å². The van der Waals surface area contributed by atoms with E-state index in [1.54, 1.807) is 44.6 Å². The van der Waals surface area contributed by atoms with Crippen molar-refractivity contribution >= 4 is 15.9 Å². The van der Waals surface area contributed by atoms with Crippen LogP contribution >= 0.6 is 0 Å². The number of primary sulfonamides is 1. The van der Waals surface area contributed by atoms with Crippen LogP contribution < -0.4 is 19.9 Å². The number of benzene rings is 2. The lowest BCUT2D eigenvalue weighted by Gasteiger charge is -2.12. The summed E-state index contributed by atoms with van der Waals surface area (Å²) in [6.07, 6.45) is 1.34. The van der Waals surface area contributed by atoms with Crippen LogP contribution in [0.15, 0.2) is 57.9 Å². The number of nitrogens with two attached hydrogens (primary N) is 1. The van der Waals surface area contributed by atoms with E-state index in [-0.39, 0.29) is 17.3 Å². The fourth-order valence-electron chi connectivity index (χ4n) is 3.50. The molecule has 10 heteroatoms. The van der Waals surface area contributed by atoms with Gasteiger partial charge in [0, 0.05) is 18.2 Å². The van der Waals surface area contributed by atoms with E-state index in [1.165, 1.54) is 12.1 Å². The van der Waals surface area contributed by atoms with Crippen LogP contribution in [0, 0.1) is 0 Å². The first-order chi connectivity index (χ1) is 15.3. The van der Waals surface area contributed by atoms with Gasteiger partial charge in [-0.3, -0.25) is 4.79 Å². The molecule has 0 radical (unpaired) electrons. The van der Waals surface area contributed by atoms with Crippen LogP contribution in [0.25, 0.3) is 11.3 Å². The largest absolute Gasteiger partial charge is 0.493 e. The van der Waals surface area contributed by atoms with Gasteiger partial charge in [-0.2, -0.15) is 0 Å². The molecule has 0 unspecified atom stereocenters. The number of methoxy groups -OCH3 is 2. The zero-order chi connectivity index (χ0) is 22.9. The Bertz CT molecular complexity index is 1250. The molecule has 4 rings (SSSR count). The van der Waals surface area contributed by atoms with Gasteiger partial charge in [-0.25, -0.2) is 13.6 Å². The maximum atomic E-state index is 12.9. The van der Waals surface area contributed by atoms with Crippen molar-refractivity contribution in [3.05, 3.63) is 59.8 Å². The first-order valence-electron chi connectivity index (χ1n) is 9.86. The molecule has 1 saturated carbocycles. The van der Waals surface area contributed by atoms with Crippen LogP contribution in [0.2, 0.25) is 0 Å². The van der Waals surface area contributed by atoms with Gasteiger partial charge in [-0.1, -0.05) is 17.3 Å². The molecule has 1 aromatic heterocycles. The van der Waals surface area contributed by atoms with Crippen molar-refractivity contribution in [2.24, 2.45) is 5.14 Å². The summed E-state index contributed by atoms with van der Waals surface area (Å²) in [5.41, 5.74) is 1.36. The van der Waals surface area contributed by atoms with Gasteiger partial charge in [-0.15, -0.1) is 0 Å². The second-order valence-electron chi connectivity index (χ2n) is 7.60. The number of nitrogens with zero attached hydrogens (tertiary/aromatic N) is 1. The van der Waals surface area contributed by atoms with Gasteiger partial charge < -0.3 is 19.3 Å². The number of ether oxygens (including phenoxy) is 2. The molecule has 0 bridgehead atoms. The maximum absolute atomic E-state index is 12.9. The zero-order valence-corrected chi connectivity index (χ0v) is 18.4. The predicted molar refractivity (Wildman–Crippen MR) is 116 cm³/mol. The van der Waals surface area contributed by atoms with Gasteiger partial charge in [0.1, 0.15) is 0 Å². The third-order valence-electron chi connectivity index (χ3n) is 5.56. The Labute approximate surface area is 185 Å². The number of hydrogen-bond donors (Lipinski definition) is 2. The molecule has 3 N–H and O–H groups in total. The highest BCUT2D eigenvalue weighted by molar-refractivity contribution is 7.89. The van der Waals surface area contributed by atoms with Crippen LogP contribution in [0.1, 0.15) is 24.1 Å². The van der Waals surface area contributed by atoms with Crippen LogP contribution in [-0.2, 0) is 26.8 Å². The van der Waals surface area contributed by atoms with Crippen molar-refractivity contribution in [2.75, 3.05) is 14.2 Å². The average molecular weight is 458 g/mol. The van der Waals surface area contributed by atoms with Crippen molar-refractivity contribution in [1.82, 2.24) is 10.5 Å². The standard InChI is InChI=1S/C22H23N3O6S/c1-29-17-8-5-15(11-19(17)30-2)18-12-20(25-31-18)22(9-10-22)21(26)24-13-14-3-6-16(7-4-14)32(23,27)28/h3-8,11-12H,9-10,13H2,1-2H3,(H,24,26)(H2,23,27,28). The Balaban J connectivity index is 1.46. The summed E-state index contributed by atoms with van der Waals surface area (Å²) < 4.78 is 38.8. The molecule has 9 nitrogen and oxygen atoms in total. The summed E-state index contributed by atoms with van der Waals surface area (Å²) in [7, 11) is -0.632. The zero-order valence-electron chi connectivity index (χ0n) is 17.6. The third kappa shape index (κ3) is 4.19. The first kappa shape index (κ1) is 21.8. The molecule has 168 valence electrons. The molecule has 1 fully saturated rings. The predicted octanol–water partition coefficient (Wildman–Crippen LogP) is 2.35. The van der Waals surface area contributed by atoms with Crippen molar-refractivity contribution in [2.45, 2.75) is 29.7 Å². The molecule has 0 aliphatic heterocycles. The summed E-state index contributed by atoms with van der Waals surface area (Å²) >= 11 is 0. The molecular weight excluding hydrogens is 434 g/mol. The van der Waals surface area contributed by atoms with Gasteiger partial charge >= 0.3 is 0 Å². The summed E-state index contributed by atoms with van der Waals surface area (Å²) in [6, 6.07) is 13.2. The van der Waals surface area contributed by atoms with Crippen LogP contribution in [0.5, 0.6) is 11.5 Å². The molecular formula is C22H23N3O6S. The van der Waals surface area contributed by atoms with Crippen molar-refractivity contribution < 1.29 is 27.2 Å². The Morgan fingerprint density at radius 2 is 1.78 bits per heavy atom. The quantitative estimate of drug-likeness (QED) is 0.530. The van der Waals surface area contributed by atoms with Crippen molar-refractivity contribution in [3.63, 3.8) is 0 Å². The van der Waals surface area contributed by atoms with Crippen LogP contribution in [0.3, 0.4) is 0 Å². The number of sulfonamides is 1. The van der Waals surface area contributed by atoms with Gasteiger partial charge in [0.05, 0.1) is 30.2 Å². The number of carbonyl (C=O) groups excluding carboxylic acids is 1. The summed E-state index contributed by atoms with van der Waals surface area (Å²) in [6.45, 7) is 0.256. The molecule has 0 atom stereocenters. The van der Waals surface area contributed by atoms with E-state index < -0.39 is 15.4 Å². The smallest absolute Gasteiger partial charge is 0.238 e. The van der Waals surface area contributed by atoms with E-state index in [0.717, 1.165) is 11.1 Å². The lowest BCUT2D eigenvalue weighted by molar-refractivity contribution is -0.123. The van der Waals surface area contributed by atoms with Gasteiger partial charge in [-0.05, 0) is 48.7 Å². The van der Waals surface area contributed by atoms with E-state index in [1.807, 2.05) is 6.07 Å². The molecule has 1 amide bonds. The normalized spacial score (nSPS) is 14.6. The second-order valence-corrected chi connectivity index (χ2v) is 9.16. The van der Waals surface area contributed by atoms with Gasteiger partial charge in [0.15, 0.2) is 17.3 Å². The second kappa shape index (κ2) is 8.29. The highest BCUT2D eigenvalue weighted by Gasteiger charge is 2.53. The van der Waals surface area contributed by atoms with E-state index in [9.17, 15) is 13.2 Å². The fraction of sp³-hybridized carbons (Fsp3) is 0.273. The van der Waals surface area contributed by atoms with E-state index in [4.69, 9.17) is 19.1 Å². The van der Waals surface area contributed by atoms with E-state index in [0.29, 0.717) is 35.8 Å². The summed E-state index contributed by atoms with van der Waals surface area (Å²) in [5, 5.41) is 12.2. The molecule has 32 heavy (non-hydrogen) atoms. The number of hydrogen-bond acceptors (Lipinski definition) is 7. The molecule has 1 aliphatic rings. The Hall–Kier alpha value is -3.37. The molecule has 3 aromatic rings. The lowest BCUT2D eigenvalue weighted by Crippen LogP contribution is -2.34. The Kier molecular flexibility index (Phi) is 5.66. The van der Waals surface area contributed by atoms with Crippen LogP contribution in [-0.4, -0.2) is 33.7 Å². The third-order valence-corrected chi connectivity index (χ3v) is 6.49. The minimum absolute atomic E-state index is 0.0246. The van der Waals surface area contributed by atoms with E-state index in [2.05, 4.69) is 10.5 Å². The Morgan fingerprint density at radius 3 is 2.38 bits per heavy atom. The fourth-order valence-corrected chi connectivity index (χ4v) is 4.01. The SMILES string of the molecule is COc1ccc(-c2cc(C3(C(=O)NCc4ccc(S(N)(=O)=O)cc4)CC3)no2)cc1OC. The lowest BCUT2D eigenvalue weighted by atomic mass is 10.00.